The zero-order chi connectivity index (χ0) is 55.7. The summed E-state index contributed by atoms with van der Waals surface area (Å²) in [6.45, 7) is -1.73. The molecular weight excluding hydrogens is 575 g/mol. The number of fused-ring (bicyclic) bond motifs is 4. The Morgan fingerprint density at radius 3 is 1.33 bits per heavy atom. The standard InChI is InChI=1S/C42H29BO2Si/c1-4-16-32(17-5-1)46(33-18-6-2-7-19-33,34-20-8-3-9-21-34)35-22-14-15-30(27-35)31-28-40-42-41(29-31)45-39-26-13-11-24-37(39)43(42)36-23-10-12-25-38(36)44-40/h1-29H/i1D,2D,3D,4D,5D,6D,7D,8D,9D,10D,11D,12D,13D,14D,15D,16D,17D,18D,19D,20D,21D,22D,23D,24D,25D,26D,27D,28D,29D. The van der Waals surface area contributed by atoms with Crippen molar-refractivity contribution in [1.82, 2.24) is 0 Å². The normalized spacial score (nSPS) is 21.5. The first kappa shape index (κ1) is 10.5. The predicted molar refractivity (Wildman–Crippen MR) is 193 cm³/mol. The molecule has 0 radical (unpaired) electrons. The van der Waals surface area contributed by atoms with Crippen molar-refractivity contribution in [1.29, 1.82) is 0 Å². The van der Waals surface area contributed by atoms with Gasteiger partial charge in [-0.1, -0.05) is 151 Å². The van der Waals surface area contributed by atoms with Gasteiger partial charge >= 0.3 is 0 Å². The Kier molecular flexibility index (Phi) is 2.46. The van der Waals surface area contributed by atoms with Crippen LogP contribution in [0.5, 0.6) is 23.0 Å². The van der Waals surface area contributed by atoms with Crippen molar-refractivity contribution in [2.24, 2.45) is 0 Å². The van der Waals surface area contributed by atoms with E-state index in [1.165, 1.54) is 0 Å². The van der Waals surface area contributed by atoms with E-state index < -0.39 is 261 Å². The number of ether oxygens (including phenoxy) is 2. The summed E-state index contributed by atoms with van der Waals surface area (Å²) in [4.78, 5) is 0. The fourth-order valence-electron chi connectivity index (χ4n) is 5.59. The van der Waals surface area contributed by atoms with Crippen LogP contribution in [0.3, 0.4) is 0 Å². The molecule has 2 aliphatic heterocycles. The zero-order valence-corrected chi connectivity index (χ0v) is 23.9. The highest BCUT2D eigenvalue weighted by Crippen LogP contribution is 2.38. The topological polar surface area (TPSA) is 18.5 Å². The van der Waals surface area contributed by atoms with Crippen molar-refractivity contribution in [2.45, 2.75) is 0 Å². The van der Waals surface area contributed by atoms with Gasteiger partial charge in [-0.3, -0.25) is 0 Å². The van der Waals surface area contributed by atoms with Gasteiger partial charge in [0.05, 0.1) is 39.8 Å². The Morgan fingerprint density at radius 2 is 0.826 bits per heavy atom. The van der Waals surface area contributed by atoms with Gasteiger partial charge in [-0.05, 0) is 67.0 Å². The van der Waals surface area contributed by atoms with Gasteiger partial charge in [-0.25, -0.2) is 0 Å². The SMILES string of the molecule is [2H]c1c([2H])c([2H])c([Si](c2c([2H])c([2H])c([2H])c([2H])c2[2H])(c2c([2H])c([2H])c([2H])c([2H])c2[2H])c2c([2H])c([2H])c([2H])c(-c3c([2H])c4c5c(c3[2H])Oc3c([2H])c([2H])c([2H])c([2H])c3B5c3c([2H])c([2H])c([2H])c([2H])c3O4)c2[2H])c([2H])c1[2H]. The van der Waals surface area contributed by atoms with Crippen LogP contribution < -0.4 is 46.6 Å². The van der Waals surface area contributed by atoms with Gasteiger partial charge < -0.3 is 9.47 Å². The fourth-order valence-corrected chi connectivity index (χ4v) is 9.15. The van der Waals surface area contributed by atoms with E-state index in [9.17, 15) is 16.4 Å². The second-order valence-corrected chi connectivity index (χ2v) is 13.3. The molecule has 0 saturated carbocycles. The molecule has 0 unspecified atom stereocenters. The summed E-state index contributed by atoms with van der Waals surface area (Å²) in [5.74, 6) is -2.89. The summed E-state index contributed by atoms with van der Waals surface area (Å²) in [7, 11) is -6.39. The van der Waals surface area contributed by atoms with Crippen molar-refractivity contribution >= 4 is 51.9 Å². The lowest BCUT2D eigenvalue weighted by atomic mass is 9.35. The minimum atomic E-state index is -6.39. The van der Waals surface area contributed by atoms with Crippen molar-refractivity contribution in [3.8, 4) is 34.1 Å². The third kappa shape index (κ3) is 4.11. The minimum Gasteiger partial charge on any atom is -0.458 e. The van der Waals surface area contributed by atoms with Gasteiger partial charge in [-0.15, -0.1) is 0 Å². The second kappa shape index (κ2) is 10.8. The molecule has 216 valence electrons. The van der Waals surface area contributed by atoms with Crippen LogP contribution in [0.15, 0.2) is 175 Å². The Bertz CT molecular complexity index is 3510. The number of para-hydroxylation sites is 2. The predicted octanol–water partition coefficient (Wildman–Crippen LogP) is 5.46. The molecule has 0 saturated heterocycles. The second-order valence-electron chi connectivity index (χ2n) is 9.82. The van der Waals surface area contributed by atoms with E-state index in [4.69, 9.17) is 32.8 Å². The fraction of sp³-hybridized carbons (Fsp3) is 0. The summed E-state index contributed by atoms with van der Waals surface area (Å²) in [5, 5.41) is -4.67. The van der Waals surface area contributed by atoms with Gasteiger partial charge in [0.25, 0.3) is 6.71 Å². The van der Waals surface area contributed by atoms with Crippen LogP contribution in [-0.2, 0) is 0 Å². The maximum absolute atomic E-state index is 10.2. The molecule has 0 atom stereocenters. The minimum absolute atomic E-state index is 0.417. The molecule has 9 rings (SSSR count). The molecule has 0 aliphatic carbocycles. The van der Waals surface area contributed by atoms with Gasteiger partial charge in [0.1, 0.15) is 23.0 Å². The van der Waals surface area contributed by atoms with Gasteiger partial charge in [0.15, 0.2) is 8.07 Å². The third-order valence-corrected chi connectivity index (χ3v) is 11.5. The molecule has 2 heterocycles. The lowest BCUT2D eigenvalue weighted by Crippen LogP contribution is -2.74. The quantitative estimate of drug-likeness (QED) is 0.185. The first-order chi connectivity index (χ1) is 34.9. The average molecular weight is 634 g/mol. The van der Waals surface area contributed by atoms with Crippen LogP contribution in [0.25, 0.3) is 11.1 Å². The lowest BCUT2D eigenvalue weighted by molar-refractivity contribution is 0.465. The van der Waals surface area contributed by atoms with E-state index in [0.29, 0.717) is 0 Å². The third-order valence-electron chi connectivity index (χ3n) is 7.48. The molecule has 7 aromatic rings. The van der Waals surface area contributed by atoms with E-state index in [1.54, 1.807) is 0 Å². The van der Waals surface area contributed by atoms with Crippen molar-refractivity contribution in [3.05, 3.63) is 175 Å². The van der Waals surface area contributed by atoms with E-state index in [0.717, 1.165) is 0 Å². The maximum Gasteiger partial charge on any atom is 0.260 e. The van der Waals surface area contributed by atoms with E-state index in [1.807, 2.05) is 0 Å². The zero-order valence-electron chi connectivity index (χ0n) is 51.9. The monoisotopic (exact) mass is 633 g/mol. The molecule has 0 fully saturated rings. The molecule has 0 bridgehead atoms. The van der Waals surface area contributed by atoms with Crippen LogP contribution in [0.4, 0.5) is 0 Å². The molecule has 2 aliphatic rings. The van der Waals surface area contributed by atoms with E-state index >= 15 is 0 Å². The molecule has 4 heteroatoms. The smallest absolute Gasteiger partial charge is 0.260 e. The molecular formula is C42H29BO2Si. The molecule has 0 aromatic heterocycles. The highest BCUT2D eigenvalue weighted by Gasteiger charge is 2.42. The molecule has 2 nitrogen and oxygen atoms in total. The first-order valence-corrected chi connectivity index (χ1v) is 15.4. The van der Waals surface area contributed by atoms with Gasteiger partial charge in [0, 0.05) is 5.46 Å². The van der Waals surface area contributed by atoms with Crippen LogP contribution in [0.2, 0.25) is 0 Å². The summed E-state index contributed by atoms with van der Waals surface area (Å²) >= 11 is 0. The average Bonchev–Trinajstić information content (AvgIpc) is 3.40. The van der Waals surface area contributed by atoms with Crippen molar-refractivity contribution < 1.29 is 49.2 Å². The van der Waals surface area contributed by atoms with E-state index in [-0.39, 0.29) is 0 Å². The molecule has 0 N–H and O–H groups in total. The Morgan fingerprint density at radius 1 is 0.391 bits per heavy atom. The molecule has 7 aromatic carbocycles. The summed E-state index contributed by atoms with van der Waals surface area (Å²) in [6.07, 6.45) is 0. The maximum atomic E-state index is 10.2. The molecule has 0 spiro atoms. The number of benzene rings is 7. The highest BCUT2D eigenvalue weighted by atomic mass is 28.3. The van der Waals surface area contributed by atoms with Gasteiger partial charge in [0.2, 0.25) is 0 Å². The van der Waals surface area contributed by atoms with Crippen molar-refractivity contribution in [3.63, 3.8) is 0 Å². The summed E-state index contributed by atoms with van der Waals surface area (Å²) < 4.78 is 275. The van der Waals surface area contributed by atoms with E-state index in [2.05, 4.69) is 0 Å². The van der Waals surface area contributed by atoms with Crippen LogP contribution >= 0.6 is 0 Å². The Hall–Kier alpha value is -5.58. The lowest BCUT2D eigenvalue weighted by Gasteiger charge is -2.35. The molecule has 0 amide bonds. The summed E-state index contributed by atoms with van der Waals surface area (Å²) in [6, 6.07) is -32.0. The van der Waals surface area contributed by atoms with Crippen LogP contribution in [0, 0.1) is 0 Å². The number of hydrogen-bond acceptors (Lipinski definition) is 2. The Balaban J connectivity index is 1.58. The van der Waals surface area contributed by atoms with Crippen molar-refractivity contribution in [2.75, 3.05) is 0 Å². The Labute approximate surface area is 311 Å². The molecule has 46 heavy (non-hydrogen) atoms. The van der Waals surface area contributed by atoms with Gasteiger partial charge in [-0.2, -0.15) is 0 Å². The summed E-state index contributed by atoms with van der Waals surface area (Å²) in [5.41, 5.74) is -3.33. The highest BCUT2D eigenvalue weighted by molar-refractivity contribution is 7.19. The number of rotatable bonds is 5. The number of hydrogen-bond donors (Lipinski definition) is 0. The largest absolute Gasteiger partial charge is 0.458 e. The van der Waals surface area contributed by atoms with Crippen LogP contribution in [0.1, 0.15) is 39.8 Å². The van der Waals surface area contributed by atoms with Crippen LogP contribution in [-0.4, -0.2) is 14.8 Å². The first-order valence-electron chi connectivity index (χ1n) is 27.9.